The molecule has 2 rings (SSSR count). The van der Waals surface area contributed by atoms with Gasteiger partial charge in [-0.25, -0.2) is 0 Å². The summed E-state index contributed by atoms with van der Waals surface area (Å²) < 4.78 is 0. The van der Waals surface area contributed by atoms with Gasteiger partial charge in [0, 0.05) is 12.6 Å². The van der Waals surface area contributed by atoms with Crippen molar-refractivity contribution in [1.29, 1.82) is 0 Å². The third kappa shape index (κ3) is 3.07. The van der Waals surface area contributed by atoms with Crippen molar-refractivity contribution >= 4 is 12.2 Å². The Morgan fingerprint density at radius 1 is 1.11 bits per heavy atom. The normalized spacial score (nSPS) is 9.95. The summed E-state index contributed by atoms with van der Waals surface area (Å²) in [6, 6.07) is 15.1. The van der Waals surface area contributed by atoms with Gasteiger partial charge in [-0.05, 0) is 16.7 Å². The van der Waals surface area contributed by atoms with Crippen LogP contribution in [0.5, 0.6) is 0 Å². The third-order valence-electron chi connectivity index (χ3n) is 3.00. The molecule has 0 bridgehead atoms. The number of hydrogen-bond acceptors (Lipinski definition) is 2. The maximum absolute atomic E-state index is 11.3. The van der Waals surface area contributed by atoms with Crippen molar-refractivity contribution in [1.82, 2.24) is 5.32 Å². The highest BCUT2D eigenvalue weighted by atomic mass is 16.1. The fourth-order valence-corrected chi connectivity index (χ4v) is 1.94. The lowest BCUT2D eigenvalue weighted by Crippen LogP contribution is -2.19. The zero-order valence-corrected chi connectivity index (χ0v) is 10.7. The van der Waals surface area contributed by atoms with Crippen molar-refractivity contribution < 1.29 is 9.59 Å². The molecule has 0 atom stereocenters. The highest BCUT2D eigenvalue weighted by Gasteiger charge is 2.05. The van der Waals surface area contributed by atoms with Crippen LogP contribution in [0.3, 0.4) is 0 Å². The van der Waals surface area contributed by atoms with Gasteiger partial charge in [-0.15, -0.1) is 0 Å². The maximum atomic E-state index is 11.3. The number of carbonyl (C=O) groups is 2. The summed E-state index contributed by atoms with van der Waals surface area (Å²) in [5.41, 5.74) is 3.50. The quantitative estimate of drug-likeness (QED) is 0.851. The van der Waals surface area contributed by atoms with Gasteiger partial charge in [0.05, 0.1) is 6.42 Å². The number of aldehydes is 1. The van der Waals surface area contributed by atoms with Crippen LogP contribution in [-0.4, -0.2) is 19.2 Å². The van der Waals surface area contributed by atoms with Crippen LogP contribution in [0.25, 0.3) is 11.1 Å². The largest absolute Gasteiger partial charge is 0.359 e. The first-order chi connectivity index (χ1) is 9.24. The molecule has 19 heavy (non-hydrogen) atoms. The van der Waals surface area contributed by atoms with E-state index in [-0.39, 0.29) is 5.91 Å². The number of amides is 1. The van der Waals surface area contributed by atoms with Gasteiger partial charge in [-0.2, -0.15) is 0 Å². The van der Waals surface area contributed by atoms with Gasteiger partial charge < -0.3 is 5.32 Å². The topological polar surface area (TPSA) is 46.2 Å². The minimum Gasteiger partial charge on any atom is -0.359 e. The molecule has 3 heteroatoms. The molecule has 0 aliphatic rings. The third-order valence-corrected chi connectivity index (χ3v) is 3.00. The number of benzene rings is 2. The van der Waals surface area contributed by atoms with Crippen molar-refractivity contribution in [2.24, 2.45) is 0 Å². The smallest absolute Gasteiger partial charge is 0.224 e. The summed E-state index contributed by atoms with van der Waals surface area (Å²) in [6.07, 6.45) is 1.22. The fourth-order valence-electron chi connectivity index (χ4n) is 1.94. The summed E-state index contributed by atoms with van der Waals surface area (Å²) in [7, 11) is 1.62. The van der Waals surface area contributed by atoms with Crippen LogP contribution in [0.2, 0.25) is 0 Å². The van der Waals surface area contributed by atoms with E-state index in [4.69, 9.17) is 0 Å². The Balaban J connectivity index is 2.27. The first-order valence-electron chi connectivity index (χ1n) is 6.08. The second-order valence-electron chi connectivity index (χ2n) is 4.25. The van der Waals surface area contributed by atoms with Gasteiger partial charge in [0.25, 0.3) is 0 Å². The lowest BCUT2D eigenvalue weighted by atomic mass is 9.99. The van der Waals surface area contributed by atoms with Crippen LogP contribution in [0.4, 0.5) is 0 Å². The van der Waals surface area contributed by atoms with Crippen molar-refractivity contribution in [3.05, 3.63) is 59.7 Å². The highest BCUT2D eigenvalue weighted by molar-refractivity contribution is 5.87. The molecular formula is C16H15NO2. The second-order valence-corrected chi connectivity index (χ2v) is 4.25. The van der Waals surface area contributed by atoms with Gasteiger partial charge in [-0.3, -0.25) is 9.59 Å². The Morgan fingerprint density at radius 3 is 2.42 bits per heavy atom. The van der Waals surface area contributed by atoms with E-state index in [2.05, 4.69) is 5.32 Å². The zero-order chi connectivity index (χ0) is 13.7. The Labute approximate surface area is 112 Å². The average Bonchev–Trinajstić information content (AvgIpc) is 2.48. The molecule has 0 saturated carbocycles. The Morgan fingerprint density at radius 2 is 1.79 bits per heavy atom. The van der Waals surface area contributed by atoms with Crippen LogP contribution in [0.15, 0.2) is 48.5 Å². The van der Waals surface area contributed by atoms with Crippen molar-refractivity contribution in [2.75, 3.05) is 7.05 Å². The molecule has 0 radical (unpaired) electrons. The SMILES string of the molecule is CNC(=O)Cc1ccc(-c2ccccc2C=O)cc1. The molecule has 3 nitrogen and oxygen atoms in total. The van der Waals surface area contributed by atoms with E-state index in [9.17, 15) is 9.59 Å². The predicted octanol–water partition coefficient (Wildman–Crippen LogP) is 2.45. The molecule has 2 aromatic carbocycles. The molecule has 1 amide bonds. The summed E-state index contributed by atoms with van der Waals surface area (Å²) in [4.78, 5) is 22.3. The van der Waals surface area contributed by atoms with Crippen LogP contribution < -0.4 is 5.32 Å². The van der Waals surface area contributed by atoms with Gasteiger partial charge >= 0.3 is 0 Å². The van der Waals surface area contributed by atoms with Crippen LogP contribution in [-0.2, 0) is 11.2 Å². The molecule has 0 spiro atoms. The van der Waals surface area contributed by atoms with Crippen molar-refractivity contribution in [3.63, 3.8) is 0 Å². The second kappa shape index (κ2) is 5.96. The maximum Gasteiger partial charge on any atom is 0.224 e. The minimum atomic E-state index is -0.0129. The molecule has 0 aromatic heterocycles. The van der Waals surface area contributed by atoms with E-state index in [0.29, 0.717) is 12.0 Å². The highest BCUT2D eigenvalue weighted by Crippen LogP contribution is 2.23. The van der Waals surface area contributed by atoms with Crippen molar-refractivity contribution in [3.8, 4) is 11.1 Å². The summed E-state index contributed by atoms with van der Waals surface area (Å²) >= 11 is 0. The molecule has 0 heterocycles. The Hall–Kier alpha value is -2.42. The summed E-state index contributed by atoms with van der Waals surface area (Å²) in [5, 5.41) is 2.59. The summed E-state index contributed by atoms with van der Waals surface area (Å²) in [6.45, 7) is 0. The molecule has 0 fully saturated rings. The number of rotatable bonds is 4. The molecule has 1 N–H and O–H groups in total. The number of carbonyl (C=O) groups excluding carboxylic acids is 2. The fraction of sp³-hybridized carbons (Fsp3) is 0.125. The molecule has 0 unspecified atom stereocenters. The predicted molar refractivity (Wildman–Crippen MR) is 75.0 cm³/mol. The van der Waals surface area contributed by atoms with E-state index < -0.39 is 0 Å². The van der Waals surface area contributed by atoms with E-state index >= 15 is 0 Å². The standard InChI is InChI=1S/C16H15NO2/c1-17-16(19)10-12-6-8-13(9-7-12)15-5-3-2-4-14(15)11-18/h2-9,11H,10H2,1H3,(H,17,19). The van der Waals surface area contributed by atoms with Crippen molar-refractivity contribution in [2.45, 2.75) is 6.42 Å². The number of nitrogens with one attached hydrogen (secondary N) is 1. The monoisotopic (exact) mass is 253 g/mol. The van der Waals surface area contributed by atoms with Gasteiger partial charge in [0.15, 0.2) is 6.29 Å². The number of hydrogen-bond donors (Lipinski definition) is 1. The Bertz CT molecular complexity index is 588. The lowest BCUT2D eigenvalue weighted by Gasteiger charge is -2.06. The lowest BCUT2D eigenvalue weighted by molar-refractivity contribution is -0.119. The van der Waals surface area contributed by atoms with E-state index in [1.807, 2.05) is 42.5 Å². The molecular weight excluding hydrogens is 238 g/mol. The molecule has 2 aromatic rings. The zero-order valence-electron chi connectivity index (χ0n) is 10.7. The van der Waals surface area contributed by atoms with Crippen LogP contribution in [0.1, 0.15) is 15.9 Å². The van der Waals surface area contributed by atoms with Crippen LogP contribution in [0, 0.1) is 0 Å². The van der Waals surface area contributed by atoms with E-state index in [0.717, 1.165) is 23.0 Å². The first kappa shape index (κ1) is 13.0. The number of likely N-dealkylation sites (N-methyl/N-ethyl adjacent to an activating group) is 1. The Kier molecular flexibility index (Phi) is 4.08. The first-order valence-corrected chi connectivity index (χ1v) is 6.08. The summed E-state index contributed by atoms with van der Waals surface area (Å²) in [5.74, 6) is -0.0129. The van der Waals surface area contributed by atoms with E-state index in [1.54, 1.807) is 13.1 Å². The van der Waals surface area contributed by atoms with Gasteiger partial charge in [0.2, 0.25) is 5.91 Å². The van der Waals surface area contributed by atoms with Gasteiger partial charge in [-0.1, -0.05) is 48.5 Å². The molecule has 0 aliphatic carbocycles. The molecule has 0 saturated heterocycles. The molecule has 96 valence electrons. The molecule has 0 aliphatic heterocycles. The minimum absolute atomic E-state index is 0.0129. The van der Waals surface area contributed by atoms with Crippen LogP contribution >= 0.6 is 0 Å². The van der Waals surface area contributed by atoms with E-state index in [1.165, 1.54) is 0 Å². The van der Waals surface area contributed by atoms with Gasteiger partial charge in [0.1, 0.15) is 0 Å². The average molecular weight is 253 g/mol.